The molecular formula is C6H6F9NO2S. The van der Waals surface area contributed by atoms with E-state index < -0.39 is 37.6 Å². The van der Waals surface area contributed by atoms with E-state index in [1.807, 2.05) is 0 Å². The van der Waals surface area contributed by atoms with E-state index in [9.17, 15) is 47.9 Å². The zero-order chi connectivity index (χ0) is 16.1. The fourth-order valence-electron chi connectivity index (χ4n) is 0.920. The summed E-state index contributed by atoms with van der Waals surface area (Å²) in [6, 6.07) is 0. The van der Waals surface area contributed by atoms with Gasteiger partial charge >= 0.3 is 23.3 Å². The first-order valence-corrected chi connectivity index (χ1v) is 5.51. The van der Waals surface area contributed by atoms with Gasteiger partial charge in [0.1, 0.15) is 0 Å². The van der Waals surface area contributed by atoms with Crippen LogP contribution < -0.4 is 0 Å². The van der Waals surface area contributed by atoms with Crippen molar-refractivity contribution in [3.05, 3.63) is 0 Å². The molecule has 0 radical (unpaired) electrons. The Kier molecular flexibility index (Phi) is 4.23. The molecule has 0 heterocycles. The molecule has 0 spiro atoms. The molecule has 3 nitrogen and oxygen atoms in total. The molecule has 0 fully saturated rings. The molecule has 0 aromatic heterocycles. The Morgan fingerprint density at radius 3 is 1.21 bits per heavy atom. The van der Waals surface area contributed by atoms with Gasteiger partial charge in [-0.15, -0.1) is 0 Å². The van der Waals surface area contributed by atoms with E-state index in [2.05, 4.69) is 0 Å². The average molecular weight is 327 g/mol. The topological polar surface area (TPSA) is 37.4 Å². The average Bonchev–Trinajstić information content (AvgIpc) is 2.11. The maximum Gasteiger partial charge on any atom is 0.458 e. The Morgan fingerprint density at radius 1 is 0.737 bits per heavy atom. The largest absolute Gasteiger partial charge is 0.458 e. The van der Waals surface area contributed by atoms with Crippen molar-refractivity contribution in [3.63, 3.8) is 0 Å². The molecule has 0 amide bonds. The summed E-state index contributed by atoms with van der Waals surface area (Å²) < 4.78 is 132. The predicted molar refractivity (Wildman–Crippen MR) is 43.5 cm³/mol. The number of hydrogen-bond donors (Lipinski definition) is 0. The third kappa shape index (κ3) is 2.37. The Hall–Kier alpha value is -0.720. The minimum atomic E-state index is -7.18. The molecule has 0 saturated heterocycles. The first kappa shape index (κ1) is 18.3. The quantitative estimate of drug-likeness (QED) is 0.746. The number of sulfonamides is 1. The summed E-state index contributed by atoms with van der Waals surface area (Å²) in [5.74, 6) is -7.18. The number of rotatable bonds is 3. The molecule has 0 rings (SSSR count). The fraction of sp³-hybridized carbons (Fsp3) is 1.00. The lowest BCUT2D eigenvalue weighted by Crippen LogP contribution is -2.68. The number of nitrogens with zero attached hydrogens (tertiary/aromatic N) is 1. The first-order chi connectivity index (χ1) is 7.94. The Bertz CT molecular complexity index is 437. The van der Waals surface area contributed by atoms with Crippen LogP contribution >= 0.6 is 0 Å². The van der Waals surface area contributed by atoms with Gasteiger partial charge < -0.3 is 0 Å². The highest BCUT2D eigenvalue weighted by molar-refractivity contribution is 7.90. The second-order valence-electron chi connectivity index (χ2n) is 3.45. The van der Waals surface area contributed by atoms with Crippen LogP contribution in [0.15, 0.2) is 0 Å². The van der Waals surface area contributed by atoms with Crippen LogP contribution in [0.4, 0.5) is 39.5 Å². The van der Waals surface area contributed by atoms with Crippen LogP contribution in [-0.4, -0.2) is 50.1 Å². The van der Waals surface area contributed by atoms with Gasteiger partial charge in [0.2, 0.25) is 0 Å². The van der Waals surface area contributed by atoms with Gasteiger partial charge in [-0.05, 0) is 0 Å². The standard InChI is InChI=1S/C6H6F9NO2S/c1-16(2)19(17,18)4(9,6(13,14)15)3(7,8)5(10,11)12/h1-2H3. The van der Waals surface area contributed by atoms with Crippen LogP contribution in [0.5, 0.6) is 0 Å². The van der Waals surface area contributed by atoms with Gasteiger partial charge in [-0.3, -0.25) is 0 Å². The SMILES string of the molecule is CN(C)S(=O)(=O)C(F)(C(F)(F)F)C(F)(F)C(F)(F)F. The van der Waals surface area contributed by atoms with Gasteiger partial charge in [-0.1, -0.05) is 0 Å². The van der Waals surface area contributed by atoms with Crippen molar-refractivity contribution in [2.45, 2.75) is 23.3 Å². The normalized spacial score (nSPS) is 18.5. The van der Waals surface area contributed by atoms with E-state index in [4.69, 9.17) is 0 Å². The highest BCUT2D eigenvalue weighted by Crippen LogP contribution is 2.55. The highest BCUT2D eigenvalue weighted by atomic mass is 32.2. The molecule has 0 N–H and O–H groups in total. The summed E-state index contributed by atoms with van der Waals surface area (Å²) in [5, 5.41) is -6.82. The smallest absolute Gasteiger partial charge is 0.208 e. The van der Waals surface area contributed by atoms with E-state index in [1.165, 1.54) is 0 Å². The first-order valence-electron chi connectivity index (χ1n) is 4.07. The van der Waals surface area contributed by atoms with Crippen molar-refractivity contribution in [3.8, 4) is 0 Å². The van der Waals surface area contributed by atoms with Gasteiger partial charge in [0, 0.05) is 14.1 Å². The van der Waals surface area contributed by atoms with Crippen molar-refractivity contribution in [2.24, 2.45) is 0 Å². The molecule has 0 aliphatic carbocycles. The van der Waals surface area contributed by atoms with Crippen LogP contribution in [0.2, 0.25) is 0 Å². The Labute approximate surface area is 101 Å². The van der Waals surface area contributed by atoms with Gasteiger partial charge in [0.25, 0.3) is 10.0 Å². The third-order valence-corrected chi connectivity index (χ3v) is 4.12. The molecule has 0 aromatic carbocycles. The maximum absolute atomic E-state index is 13.4. The molecule has 0 bridgehead atoms. The molecule has 1 atom stereocenters. The minimum absolute atomic E-state index is 0.182. The zero-order valence-corrected chi connectivity index (χ0v) is 9.89. The number of hydrogen-bond acceptors (Lipinski definition) is 2. The van der Waals surface area contributed by atoms with Crippen molar-refractivity contribution in [2.75, 3.05) is 14.1 Å². The number of halogens is 9. The molecule has 0 saturated carbocycles. The van der Waals surface area contributed by atoms with E-state index >= 15 is 0 Å². The molecule has 1 unspecified atom stereocenters. The lowest BCUT2D eigenvalue weighted by Gasteiger charge is -2.36. The monoisotopic (exact) mass is 327 g/mol. The summed E-state index contributed by atoms with van der Waals surface area (Å²) in [6.07, 6.45) is -14.1. The van der Waals surface area contributed by atoms with E-state index in [1.54, 1.807) is 0 Å². The van der Waals surface area contributed by atoms with E-state index in [0.717, 1.165) is 0 Å². The third-order valence-electron chi connectivity index (χ3n) is 1.96. The van der Waals surface area contributed by atoms with Gasteiger partial charge in [-0.2, -0.15) is 35.1 Å². The van der Waals surface area contributed by atoms with Gasteiger partial charge in [0.15, 0.2) is 0 Å². The van der Waals surface area contributed by atoms with Crippen LogP contribution in [0.3, 0.4) is 0 Å². The zero-order valence-electron chi connectivity index (χ0n) is 9.07. The minimum Gasteiger partial charge on any atom is -0.208 e. The maximum atomic E-state index is 13.4. The van der Waals surface area contributed by atoms with Crippen molar-refractivity contribution < 1.29 is 47.9 Å². The summed E-state index contributed by atoms with van der Waals surface area (Å²) >= 11 is 0. The second-order valence-corrected chi connectivity index (χ2v) is 5.70. The molecule has 0 aromatic rings. The summed E-state index contributed by atoms with van der Waals surface area (Å²) in [5.41, 5.74) is 0. The summed E-state index contributed by atoms with van der Waals surface area (Å²) in [4.78, 5) is 0. The number of alkyl halides is 9. The Morgan fingerprint density at radius 2 is 1.05 bits per heavy atom. The van der Waals surface area contributed by atoms with Crippen LogP contribution in [-0.2, 0) is 10.0 Å². The van der Waals surface area contributed by atoms with Crippen LogP contribution in [0.25, 0.3) is 0 Å². The second kappa shape index (κ2) is 4.40. The van der Waals surface area contributed by atoms with Crippen molar-refractivity contribution >= 4 is 10.0 Å². The Balaban J connectivity index is 6.48. The molecule has 13 heteroatoms. The highest BCUT2D eigenvalue weighted by Gasteiger charge is 2.87. The van der Waals surface area contributed by atoms with E-state index in [0.29, 0.717) is 0 Å². The molecule has 19 heavy (non-hydrogen) atoms. The molecule has 116 valence electrons. The van der Waals surface area contributed by atoms with Crippen LogP contribution in [0.1, 0.15) is 0 Å². The predicted octanol–water partition coefficient (Wildman–Crippen LogP) is 2.30. The van der Waals surface area contributed by atoms with Crippen LogP contribution in [0, 0.1) is 0 Å². The van der Waals surface area contributed by atoms with E-state index in [-0.39, 0.29) is 14.1 Å². The lowest BCUT2D eigenvalue weighted by molar-refractivity contribution is -0.359. The molecular weight excluding hydrogens is 321 g/mol. The molecule has 0 aliphatic rings. The summed E-state index contributed by atoms with van der Waals surface area (Å²) in [7, 11) is -6.30. The van der Waals surface area contributed by atoms with Gasteiger partial charge in [-0.25, -0.2) is 17.1 Å². The summed E-state index contributed by atoms with van der Waals surface area (Å²) in [6.45, 7) is 0. The van der Waals surface area contributed by atoms with Gasteiger partial charge in [0.05, 0.1) is 0 Å². The lowest BCUT2D eigenvalue weighted by atomic mass is 10.2. The van der Waals surface area contributed by atoms with Crippen molar-refractivity contribution in [1.82, 2.24) is 4.31 Å². The fourth-order valence-corrected chi connectivity index (χ4v) is 2.16. The van der Waals surface area contributed by atoms with Crippen molar-refractivity contribution in [1.29, 1.82) is 0 Å². The molecule has 0 aliphatic heterocycles.